The molecule has 0 N–H and O–H groups in total. The number of ether oxygens (including phenoxy) is 1. The van der Waals surface area contributed by atoms with E-state index >= 15 is 0 Å². The van der Waals surface area contributed by atoms with E-state index < -0.39 is 0 Å². The first-order chi connectivity index (χ1) is 13.1. The first kappa shape index (κ1) is 16.2. The zero-order chi connectivity index (χ0) is 18.5. The number of hydrogen-bond donors (Lipinski definition) is 0. The number of rotatable bonds is 1. The van der Waals surface area contributed by atoms with Crippen LogP contribution in [-0.2, 0) is 12.8 Å². The van der Waals surface area contributed by atoms with Crippen molar-refractivity contribution in [2.75, 3.05) is 4.90 Å². The molecule has 1 aliphatic carbocycles. The van der Waals surface area contributed by atoms with Gasteiger partial charge in [0.05, 0.1) is 16.9 Å². The summed E-state index contributed by atoms with van der Waals surface area (Å²) in [6, 6.07) is 14.1. The monoisotopic (exact) mass is 359 g/mol. The van der Waals surface area contributed by atoms with Crippen LogP contribution in [0, 0.1) is 13.8 Å². The maximum absolute atomic E-state index is 12.8. The zero-order valence-electron chi connectivity index (χ0n) is 15.5. The highest BCUT2D eigenvalue weighted by molar-refractivity contribution is 6.02. The van der Waals surface area contributed by atoms with Crippen molar-refractivity contribution in [2.24, 2.45) is 0 Å². The van der Waals surface area contributed by atoms with Crippen LogP contribution in [0.1, 0.15) is 45.7 Å². The second-order valence-electron chi connectivity index (χ2n) is 7.39. The third kappa shape index (κ3) is 2.55. The third-order valence-corrected chi connectivity index (χ3v) is 5.43. The molecule has 1 aromatic heterocycles. The molecule has 0 spiro atoms. The summed E-state index contributed by atoms with van der Waals surface area (Å²) in [7, 11) is 0. The van der Waals surface area contributed by atoms with Crippen LogP contribution in [0.5, 0.6) is 5.75 Å². The Bertz CT molecular complexity index is 1060. The van der Waals surface area contributed by atoms with Crippen LogP contribution < -0.4 is 9.64 Å². The number of aryl methyl sites for hydroxylation is 3. The summed E-state index contributed by atoms with van der Waals surface area (Å²) in [6.45, 7) is 3.85. The highest BCUT2D eigenvalue weighted by Crippen LogP contribution is 2.48. The number of hydrogen-bond acceptors (Lipinski definition) is 4. The quantitative estimate of drug-likeness (QED) is 0.517. The maximum atomic E-state index is 12.8. The third-order valence-electron chi connectivity index (χ3n) is 5.43. The molecular formula is C23H21NO3. The van der Waals surface area contributed by atoms with Gasteiger partial charge in [0.25, 0.3) is 0 Å². The van der Waals surface area contributed by atoms with Gasteiger partial charge in [0.2, 0.25) is 5.88 Å². The molecule has 0 saturated carbocycles. The molecule has 27 heavy (non-hydrogen) atoms. The first-order valence-electron chi connectivity index (χ1n) is 9.46. The van der Waals surface area contributed by atoms with Gasteiger partial charge >= 0.3 is 5.97 Å². The predicted molar refractivity (Wildman–Crippen MR) is 104 cm³/mol. The molecule has 0 atom stereocenters. The van der Waals surface area contributed by atoms with Gasteiger partial charge in [-0.05, 0) is 68.9 Å². The highest BCUT2D eigenvalue weighted by Gasteiger charge is 2.33. The van der Waals surface area contributed by atoms with Crippen LogP contribution in [0.4, 0.5) is 17.3 Å². The van der Waals surface area contributed by atoms with E-state index in [0.717, 1.165) is 35.5 Å². The minimum absolute atomic E-state index is 0.344. The number of esters is 1. The molecule has 2 aliphatic rings. The summed E-state index contributed by atoms with van der Waals surface area (Å²) in [6.07, 6.45) is 4.53. The van der Waals surface area contributed by atoms with Crippen LogP contribution in [0.2, 0.25) is 0 Å². The SMILES string of the molecule is Cc1ccc2c(c1)C(=O)Oc1cc(C)oc1N2c1cccc2c1CCCC2. The van der Waals surface area contributed by atoms with Crippen molar-refractivity contribution >= 4 is 23.2 Å². The Kier molecular flexibility index (Phi) is 3.61. The number of furan rings is 1. The number of carbonyl (C=O) groups excluding carboxylic acids is 1. The zero-order valence-corrected chi connectivity index (χ0v) is 15.5. The van der Waals surface area contributed by atoms with E-state index in [2.05, 4.69) is 23.1 Å². The number of carbonyl (C=O) groups is 1. The van der Waals surface area contributed by atoms with Crippen LogP contribution in [-0.4, -0.2) is 5.97 Å². The molecule has 0 amide bonds. The second-order valence-corrected chi connectivity index (χ2v) is 7.39. The van der Waals surface area contributed by atoms with Crippen LogP contribution in [0.15, 0.2) is 46.9 Å². The summed E-state index contributed by atoms with van der Waals surface area (Å²) >= 11 is 0. The van der Waals surface area contributed by atoms with Crippen molar-refractivity contribution in [3.8, 4) is 5.75 Å². The van der Waals surface area contributed by atoms with Gasteiger partial charge in [-0.3, -0.25) is 4.90 Å². The minimum Gasteiger partial charge on any atom is -0.442 e. The van der Waals surface area contributed by atoms with Gasteiger partial charge < -0.3 is 9.15 Å². The summed E-state index contributed by atoms with van der Waals surface area (Å²) in [5.41, 5.74) is 6.19. The van der Waals surface area contributed by atoms with E-state index in [4.69, 9.17) is 9.15 Å². The van der Waals surface area contributed by atoms with Crippen molar-refractivity contribution in [1.29, 1.82) is 0 Å². The van der Waals surface area contributed by atoms with E-state index in [9.17, 15) is 4.79 Å². The lowest BCUT2D eigenvalue weighted by atomic mass is 9.90. The fourth-order valence-corrected chi connectivity index (χ4v) is 4.19. The van der Waals surface area contributed by atoms with Gasteiger partial charge in [-0.2, -0.15) is 0 Å². The molecule has 2 heterocycles. The molecule has 0 saturated heterocycles. The molecule has 5 rings (SSSR count). The Hall–Kier alpha value is -3.01. The Labute approximate surface area is 158 Å². The summed E-state index contributed by atoms with van der Waals surface area (Å²) in [5, 5.41) is 0. The highest BCUT2D eigenvalue weighted by atomic mass is 16.5. The topological polar surface area (TPSA) is 42.7 Å². The van der Waals surface area contributed by atoms with E-state index in [-0.39, 0.29) is 5.97 Å². The van der Waals surface area contributed by atoms with E-state index in [1.165, 1.54) is 24.0 Å². The average molecular weight is 359 g/mol. The normalized spacial score (nSPS) is 15.5. The molecule has 4 nitrogen and oxygen atoms in total. The van der Waals surface area contributed by atoms with Crippen LogP contribution in [0.3, 0.4) is 0 Å². The minimum atomic E-state index is -0.344. The number of nitrogens with zero attached hydrogens (tertiary/aromatic N) is 1. The van der Waals surface area contributed by atoms with E-state index in [1.807, 2.05) is 32.0 Å². The van der Waals surface area contributed by atoms with E-state index in [0.29, 0.717) is 17.2 Å². The fourth-order valence-electron chi connectivity index (χ4n) is 4.19. The summed E-state index contributed by atoms with van der Waals surface area (Å²) in [4.78, 5) is 14.9. The maximum Gasteiger partial charge on any atom is 0.345 e. The lowest BCUT2D eigenvalue weighted by Gasteiger charge is -2.28. The Morgan fingerprint density at radius 2 is 1.81 bits per heavy atom. The fraction of sp³-hybridized carbons (Fsp3) is 0.261. The van der Waals surface area contributed by atoms with Gasteiger partial charge in [0.15, 0.2) is 5.75 Å². The largest absolute Gasteiger partial charge is 0.442 e. The van der Waals surface area contributed by atoms with Crippen molar-refractivity contribution < 1.29 is 13.9 Å². The van der Waals surface area contributed by atoms with Gasteiger partial charge in [-0.1, -0.05) is 23.8 Å². The smallest absolute Gasteiger partial charge is 0.345 e. The van der Waals surface area contributed by atoms with Gasteiger partial charge in [-0.15, -0.1) is 0 Å². The van der Waals surface area contributed by atoms with Gasteiger partial charge in [-0.25, -0.2) is 4.79 Å². The lowest BCUT2D eigenvalue weighted by Crippen LogP contribution is -2.16. The first-order valence-corrected chi connectivity index (χ1v) is 9.46. The van der Waals surface area contributed by atoms with Crippen LogP contribution in [0.25, 0.3) is 0 Å². The average Bonchev–Trinajstić information content (AvgIpc) is 2.98. The lowest BCUT2D eigenvalue weighted by molar-refractivity contribution is 0.0738. The van der Waals surface area contributed by atoms with Crippen LogP contribution >= 0.6 is 0 Å². The molecule has 0 radical (unpaired) electrons. The predicted octanol–water partition coefficient (Wildman–Crippen LogP) is 5.78. The molecular weight excluding hydrogens is 338 g/mol. The molecule has 0 bridgehead atoms. The molecule has 4 heteroatoms. The Morgan fingerprint density at radius 3 is 2.70 bits per heavy atom. The number of anilines is 3. The van der Waals surface area contributed by atoms with Crippen molar-refractivity contribution in [3.05, 3.63) is 70.5 Å². The van der Waals surface area contributed by atoms with Crippen molar-refractivity contribution in [2.45, 2.75) is 39.5 Å². The Morgan fingerprint density at radius 1 is 0.963 bits per heavy atom. The molecule has 2 aromatic carbocycles. The Balaban J connectivity index is 1.81. The second kappa shape index (κ2) is 6.02. The number of fused-ring (bicyclic) bond motifs is 3. The standard InChI is InChI=1S/C23H21NO3/c1-14-10-11-20-18(12-14)23(25)27-21-13-15(2)26-22(21)24(20)19-9-5-7-16-6-3-4-8-17(16)19/h5,7,9-13H,3-4,6,8H2,1-2H3. The summed E-state index contributed by atoms with van der Waals surface area (Å²) in [5.74, 6) is 1.42. The molecule has 136 valence electrons. The van der Waals surface area contributed by atoms with Crippen molar-refractivity contribution in [1.82, 2.24) is 0 Å². The van der Waals surface area contributed by atoms with Gasteiger partial charge in [0.1, 0.15) is 5.76 Å². The molecule has 3 aromatic rings. The van der Waals surface area contributed by atoms with Crippen molar-refractivity contribution in [3.63, 3.8) is 0 Å². The van der Waals surface area contributed by atoms with Gasteiger partial charge in [0, 0.05) is 6.07 Å². The molecule has 0 unspecified atom stereocenters. The molecule has 1 aliphatic heterocycles. The number of benzene rings is 2. The summed E-state index contributed by atoms with van der Waals surface area (Å²) < 4.78 is 11.7. The molecule has 0 fully saturated rings. The van der Waals surface area contributed by atoms with E-state index in [1.54, 1.807) is 6.07 Å².